The van der Waals surface area contributed by atoms with Crippen LogP contribution in [0.2, 0.25) is 0 Å². The topological polar surface area (TPSA) is 72.7 Å². The van der Waals surface area contributed by atoms with E-state index in [0.717, 1.165) is 18.0 Å². The van der Waals surface area contributed by atoms with Crippen molar-refractivity contribution in [2.45, 2.75) is 63.7 Å². The molecule has 1 aliphatic carbocycles. The summed E-state index contributed by atoms with van der Waals surface area (Å²) in [6.45, 7) is 6.43. The van der Waals surface area contributed by atoms with Crippen molar-refractivity contribution in [2.24, 2.45) is 5.41 Å². The summed E-state index contributed by atoms with van der Waals surface area (Å²) in [5, 5.41) is 18.0. The number of nitrogens with zero attached hydrogens (tertiary/aromatic N) is 4. The highest BCUT2D eigenvalue weighted by Gasteiger charge is 2.29. The first-order chi connectivity index (χ1) is 11.9. The molecule has 6 nitrogen and oxygen atoms in total. The lowest BCUT2D eigenvalue weighted by Gasteiger charge is -2.30. The van der Waals surface area contributed by atoms with Crippen LogP contribution >= 0.6 is 23.1 Å². The maximum absolute atomic E-state index is 12.5. The maximum Gasteiger partial charge on any atom is 0.231 e. The number of rotatable bonds is 6. The molecular weight excluding hydrogens is 354 g/mol. The molecule has 0 spiro atoms. The predicted molar refractivity (Wildman–Crippen MR) is 101 cm³/mol. The van der Waals surface area contributed by atoms with Crippen molar-refractivity contribution < 1.29 is 4.79 Å². The fraction of sp³-hybridized carbons (Fsp3) is 0.647. The molecule has 1 saturated carbocycles. The van der Waals surface area contributed by atoms with Crippen LogP contribution in [-0.2, 0) is 4.79 Å². The van der Waals surface area contributed by atoms with Crippen molar-refractivity contribution in [3.05, 3.63) is 22.4 Å². The minimum Gasteiger partial charge on any atom is -0.347 e. The highest BCUT2D eigenvalue weighted by Crippen LogP contribution is 2.35. The number of carbonyl (C=O) groups is 1. The number of amides is 1. The van der Waals surface area contributed by atoms with Gasteiger partial charge in [-0.15, -0.1) is 16.4 Å². The summed E-state index contributed by atoms with van der Waals surface area (Å²) in [5.74, 6) is 0.338. The van der Waals surface area contributed by atoms with Crippen molar-refractivity contribution in [1.29, 1.82) is 0 Å². The van der Waals surface area contributed by atoms with Crippen molar-refractivity contribution >= 4 is 29.0 Å². The Balaban J connectivity index is 1.60. The van der Waals surface area contributed by atoms with E-state index in [4.69, 9.17) is 0 Å². The van der Waals surface area contributed by atoms with Crippen LogP contribution in [0, 0.1) is 5.41 Å². The first-order valence-electron chi connectivity index (χ1n) is 8.68. The molecule has 1 fully saturated rings. The first-order valence-corrected chi connectivity index (χ1v) is 10.5. The Bertz CT molecular complexity index is 686. The van der Waals surface area contributed by atoms with Gasteiger partial charge in [-0.1, -0.05) is 51.4 Å². The van der Waals surface area contributed by atoms with Gasteiger partial charge in [0.1, 0.15) is 0 Å². The minimum atomic E-state index is -0.0450. The Labute approximate surface area is 156 Å². The standard InChI is InChI=1S/C17H25N5OS2/c1-17(2,3)15(13-9-6-10-24-13)18-14(23)11-25-16-19-20-21-22(16)12-7-4-5-8-12/h6,9-10,12,15H,4-5,7-8,11H2,1-3H3,(H,18,23). The van der Waals surface area contributed by atoms with Gasteiger partial charge < -0.3 is 5.32 Å². The van der Waals surface area contributed by atoms with Crippen molar-refractivity contribution in [3.8, 4) is 0 Å². The number of tetrazole rings is 1. The molecule has 25 heavy (non-hydrogen) atoms. The average Bonchev–Trinajstić information content (AvgIpc) is 3.31. The fourth-order valence-electron chi connectivity index (χ4n) is 3.16. The van der Waals surface area contributed by atoms with Crippen LogP contribution in [0.3, 0.4) is 0 Å². The molecule has 1 aliphatic rings. The second-order valence-electron chi connectivity index (χ2n) is 7.51. The molecule has 1 atom stereocenters. The fourth-order valence-corrected chi connectivity index (χ4v) is 4.94. The molecule has 2 heterocycles. The van der Waals surface area contributed by atoms with E-state index in [0.29, 0.717) is 11.8 Å². The van der Waals surface area contributed by atoms with E-state index in [2.05, 4.69) is 47.7 Å². The second-order valence-corrected chi connectivity index (χ2v) is 9.44. The van der Waals surface area contributed by atoms with Gasteiger partial charge in [-0.2, -0.15) is 0 Å². The maximum atomic E-state index is 12.5. The van der Waals surface area contributed by atoms with Crippen molar-refractivity contribution in [2.75, 3.05) is 5.75 Å². The third kappa shape index (κ3) is 4.61. The molecule has 8 heteroatoms. The third-order valence-electron chi connectivity index (χ3n) is 4.46. The van der Waals surface area contributed by atoms with E-state index in [9.17, 15) is 4.79 Å². The first kappa shape index (κ1) is 18.4. The number of thiophene rings is 1. The van der Waals surface area contributed by atoms with Gasteiger partial charge in [0.05, 0.1) is 17.8 Å². The minimum absolute atomic E-state index is 0.00595. The summed E-state index contributed by atoms with van der Waals surface area (Å²) in [5.41, 5.74) is -0.0450. The zero-order valence-electron chi connectivity index (χ0n) is 14.9. The smallest absolute Gasteiger partial charge is 0.231 e. The van der Waals surface area contributed by atoms with Gasteiger partial charge in [-0.3, -0.25) is 4.79 Å². The number of carbonyl (C=O) groups excluding carboxylic acids is 1. The third-order valence-corrected chi connectivity index (χ3v) is 6.34. The highest BCUT2D eigenvalue weighted by atomic mass is 32.2. The zero-order valence-corrected chi connectivity index (χ0v) is 16.6. The van der Waals surface area contributed by atoms with Crippen LogP contribution in [0.1, 0.15) is 63.4 Å². The Morgan fingerprint density at radius 3 is 2.84 bits per heavy atom. The summed E-state index contributed by atoms with van der Waals surface area (Å²) >= 11 is 3.09. The molecule has 1 N–H and O–H groups in total. The van der Waals surface area contributed by atoms with Gasteiger partial charge in [0.15, 0.2) is 0 Å². The van der Waals surface area contributed by atoms with Gasteiger partial charge >= 0.3 is 0 Å². The Hall–Kier alpha value is -1.41. The van der Waals surface area contributed by atoms with E-state index in [1.54, 1.807) is 11.3 Å². The molecule has 2 aromatic heterocycles. The van der Waals surface area contributed by atoms with Gasteiger partial charge in [0, 0.05) is 4.88 Å². The number of aromatic nitrogens is 4. The van der Waals surface area contributed by atoms with E-state index in [1.165, 1.54) is 29.5 Å². The average molecular weight is 380 g/mol. The van der Waals surface area contributed by atoms with Crippen LogP contribution < -0.4 is 5.32 Å². The summed E-state index contributed by atoms with van der Waals surface area (Å²) in [6.07, 6.45) is 4.69. The molecule has 1 unspecified atom stereocenters. The van der Waals surface area contributed by atoms with E-state index in [-0.39, 0.29) is 17.4 Å². The molecular formula is C17H25N5OS2. The molecule has 0 aliphatic heterocycles. The van der Waals surface area contributed by atoms with E-state index >= 15 is 0 Å². The molecule has 136 valence electrons. The Morgan fingerprint density at radius 2 is 2.20 bits per heavy atom. The van der Waals surface area contributed by atoms with E-state index in [1.807, 2.05) is 16.1 Å². The number of hydrogen-bond donors (Lipinski definition) is 1. The van der Waals surface area contributed by atoms with Gasteiger partial charge in [-0.05, 0) is 40.1 Å². The van der Waals surface area contributed by atoms with E-state index < -0.39 is 0 Å². The predicted octanol–water partition coefficient (Wildman–Crippen LogP) is 3.85. The molecule has 0 saturated heterocycles. The SMILES string of the molecule is CC(C)(C)C(NC(=O)CSc1nnnn1C1CCCC1)c1cccs1. The normalized spacial score (nSPS) is 16.9. The molecule has 1 amide bonds. The van der Waals surface area contributed by atoms with Crippen LogP contribution in [-0.4, -0.2) is 31.9 Å². The quantitative estimate of drug-likeness (QED) is 0.772. The van der Waals surface area contributed by atoms with Gasteiger partial charge in [0.25, 0.3) is 0 Å². The van der Waals surface area contributed by atoms with Crippen LogP contribution in [0.4, 0.5) is 0 Å². The van der Waals surface area contributed by atoms with Gasteiger partial charge in [0.2, 0.25) is 11.1 Å². The zero-order chi connectivity index (χ0) is 17.9. The second kappa shape index (κ2) is 7.86. The van der Waals surface area contributed by atoms with Crippen LogP contribution in [0.15, 0.2) is 22.7 Å². The largest absolute Gasteiger partial charge is 0.347 e. The monoisotopic (exact) mass is 379 g/mol. The number of nitrogens with one attached hydrogen (secondary N) is 1. The molecule has 0 aromatic carbocycles. The highest BCUT2D eigenvalue weighted by molar-refractivity contribution is 7.99. The van der Waals surface area contributed by atoms with Crippen LogP contribution in [0.5, 0.6) is 0 Å². The van der Waals surface area contributed by atoms with Crippen molar-refractivity contribution in [3.63, 3.8) is 0 Å². The Morgan fingerprint density at radius 1 is 1.44 bits per heavy atom. The number of hydrogen-bond acceptors (Lipinski definition) is 6. The van der Waals surface area contributed by atoms with Gasteiger partial charge in [-0.25, -0.2) is 4.68 Å². The summed E-state index contributed by atoms with van der Waals surface area (Å²) in [6, 6.07) is 4.49. The van der Waals surface area contributed by atoms with Crippen molar-refractivity contribution in [1.82, 2.24) is 25.5 Å². The molecule has 0 radical (unpaired) electrons. The molecule has 0 bridgehead atoms. The summed E-state index contributed by atoms with van der Waals surface area (Å²) in [7, 11) is 0. The number of thioether (sulfide) groups is 1. The Kier molecular flexibility index (Phi) is 5.78. The lowest BCUT2D eigenvalue weighted by molar-refractivity contribution is -0.120. The lowest BCUT2D eigenvalue weighted by atomic mass is 9.86. The molecule has 2 aromatic rings. The van der Waals surface area contributed by atoms with Crippen LogP contribution in [0.25, 0.3) is 0 Å². The molecule has 3 rings (SSSR count). The lowest BCUT2D eigenvalue weighted by Crippen LogP contribution is -2.37. The summed E-state index contributed by atoms with van der Waals surface area (Å²) < 4.78 is 1.89. The summed E-state index contributed by atoms with van der Waals surface area (Å²) in [4.78, 5) is 13.7.